The first-order valence-corrected chi connectivity index (χ1v) is 9.25. The molecule has 0 radical (unpaired) electrons. The number of carbonyl (C=O) groups excluding carboxylic acids is 2. The number of carbonyl (C=O) groups is 2. The number of nitrogens with zero attached hydrogens (tertiary/aromatic N) is 4. The van der Waals surface area contributed by atoms with E-state index in [-0.39, 0.29) is 11.8 Å². The Morgan fingerprint density at radius 3 is 2.92 bits per heavy atom. The van der Waals surface area contributed by atoms with Crippen LogP contribution in [0.3, 0.4) is 0 Å². The van der Waals surface area contributed by atoms with Gasteiger partial charge in [0.05, 0.1) is 0 Å². The van der Waals surface area contributed by atoms with Gasteiger partial charge in [-0.05, 0) is 24.5 Å². The highest BCUT2D eigenvalue weighted by molar-refractivity contribution is 5.98. The molecule has 2 aliphatic heterocycles. The minimum absolute atomic E-state index is 0.0398. The fourth-order valence-electron chi connectivity index (χ4n) is 4.07. The Morgan fingerprint density at radius 1 is 1.31 bits per heavy atom. The summed E-state index contributed by atoms with van der Waals surface area (Å²) in [6.45, 7) is 2.61. The summed E-state index contributed by atoms with van der Waals surface area (Å²) in [4.78, 5) is 33.3. The topological polar surface area (TPSA) is 58.4 Å². The van der Waals surface area contributed by atoms with E-state index in [1.807, 2.05) is 53.2 Å². The van der Waals surface area contributed by atoms with Crippen LogP contribution >= 0.6 is 0 Å². The fourth-order valence-corrected chi connectivity index (χ4v) is 4.07. The Hall–Kier alpha value is -2.63. The molecular formula is C20H24N4O2. The van der Waals surface area contributed by atoms with E-state index in [4.69, 9.17) is 0 Å². The summed E-state index contributed by atoms with van der Waals surface area (Å²) < 4.78 is 2.04. The number of likely N-dealkylation sites (tertiary alicyclic amines) is 1. The van der Waals surface area contributed by atoms with Crippen molar-refractivity contribution in [1.82, 2.24) is 19.4 Å². The molecule has 6 nitrogen and oxygen atoms in total. The molecule has 1 saturated heterocycles. The third-order valence-electron chi connectivity index (χ3n) is 5.49. The largest absolute Gasteiger partial charge is 0.342 e. The summed E-state index contributed by atoms with van der Waals surface area (Å²) in [6.07, 6.45) is 6.21. The number of aromatic nitrogens is 2. The lowest BCUT2D eigenvalue weighted by Gasteiger charge is -2.33. The first kappa shape index (κ1) is 16.8. The molecule has 1 atom stereocenters. The van der Waals surface area contributed by atoms with Crippen molar-refractivity contribution in [2.24, 2.45) is 7.05 Å². The van der Waals surface area contributed by atoms with E-state index >= 15 is 0 Å². The van der Waals surface area contributed by atoms with Crippen molar-refractivity contribution >= 4 is 11.8 Å². The van der Waals surface area contributed by atoms with Gasteiger partial charge in [0.2, 0.25) is 5.91 Å². The molecular weight excluding hydrogens is 328 g/mol. The number of fused-ring (bicyclic) bond motifs is 1. The molecule has 2 aromatic rings. The first-order chi connectivity index (χ1) is 12.6. The van der Waals surface area contributed by atoms with Gasteiger partial charge in [0.1, 0.15) is 5.82 Å². The zero-order valence-corrected chi connectivity index (χ0v) is 15.1. The van der Waals surface area contributed by atoms with Gasteiger partial charge in [-0.2, -0.15) is 0 Å². The van der Waals surface area contributed by atoms with Crippen LogP contribution < -0.4 is 0 Å². The van der Waals surface area contributed by atoms with Gasteiger partial charge in [-0.3, -0.25) is 9.59 Å². The van der Waals surface area contributed by atoms with E-state index < -0.39 is 0 Å². The lowest BCUT2D eigenvalue weighted by Crippen LogP contribution is -2.41. The van der Waals surface area contributed by atoms with Crippen molar-refractivity contribution in [3.8, 4) is 0 Å². The second-order valence-electron chi connectivity index (χ2n) is 7.21. The molecule has 0 aliphatic carbocycles. The summed E-state index contributed by atoms with van der Waals surface area (Å²) in [5, 5.41) is 0. The molecule has 2 amide bonds. The number of aryl methyl sites for hydroxylation is 1. The fraction of sp³-hybridized carbons (Fsp3) is 0.450. The Labute approximate surface area is 153 Å². The van der Waals surface area contributed by atoms with E-state index in [1.165, 1.54) is 0 Å². The second-order valence-corrected chi connectivity index (χ2v) is 7.21. The van der Waals surface area contributed by atoms with Gasteiger partial charge in [0.15, 0.2) is 0 Å². The van der Waals surface area contributed by atoms with Crippen LogP contribution in [0.5, 0.6) is 0 Å². The Balaban J connectivity index is 1.34. The van der Waals surface area contributed by atoms with Crippen LogP contribution in [-0.4, -0.2) is 50.8 Å². The molecule has 6 heteroatoms. The lowest BCUT2D eigenvalue weighted by atomic mass is 9.97. The molecule has 0 saturated carbocycles. The maximum absolute atomic E-state index is 12.7. The van der Waals surface area contributed by atoms with Crippen molar-refractivity contribution in [1.29, 1.82) is 0 Å². The van der Waals surface area contributed by atoms with Gasteiger partial charge < -0.3 is 14.4 Å². The normalized spacial score (nSPS) is 19.7. The van der Waals surface area contributed by atoms with Crippen LogP contribution in [0.15, 0.2) is 36.7 Å². The first-order valence-electron chi connectivity index (χ1n) is 9.25. The number of hydrogen-bond donors (Lipinski definition) is 0. The SMILES string of the molecule is Cn1ccnc1[C@H]1CCCN(C(=O)CCN2Cc3ccccc3C2=O)C1. The highest BCUT2D eigenvalue weighted by Gasteiger charge is 2.29. The quantitative estimate of drug-likeness (QED) is 0.847. The van der Waals surface area contributed by atoms with Crippen LogP contribution in [0.1, 0.15) is 46.9 Å². The highest BCUT2D eigenvalue weighted by atomic mass is 16.2. The second kappa shape index (κ2) is 6.94. The maximum atomic E-state index is 12.7. The van der Waals surface area contributed by atoms with Crippen molar-refractivity contribution in [2.45, 2.75) is 31.7 Å². The number of rotatable bonds is 4. The molecule has 0 spiro atoms. The van der Waals surface area contributed by atoms with Gasteiger partial charge >= 0.3 is 0 Å². The minimum atomic E-state index is 0.0398. The summed E-state index contributed by atoms with van der Waals surface area (Å²) in [7, 11) is 2.00. The number of benzene rings is 1. The molecule has 4 rings (SSSR count). The van der Waals surface area contributed by atoms with E-state index in [2.05, 4.69) is 4.98 Å². The average molecular weight is 352 g/mol. The van der Waals surface area contributed by atoms with Crippen LogP contribution in [0, 0.1) is 0 Å². The van der Waals surface area contributed by atoms with E-state index in [9.17, 15) is 9.59 Å². The van der Waals surface area contributed by atoms with E-state index in [0.29, 0.717) is 25.4 Å². The van der Waals surface area contributed by atoms with Crippen molar-refractivity contribution in [3.63, 3.8) is 0 Å². The lowest BCUT2D eigenvalue weighted by molar-refractivity contribution is -0.132. The minimum Gasteiger partial charge on any atom is -0.342 e. The predicted octanol–water partition coefficient (Wildman–Crippen LogP) is 2.17. The molecule has 0 bridgehead atoms. The molecule has 0 N–H and O–H groups in total. The Morgan fingerprint density at radius 2 is 2.15 bits per heavy atom. The van der Waals surface area contributed by atoms with Crippen LogP contribution in [-0.2, 0) is 18.4 Å². The van der Waals surface area contributed by atoms with E-state index in [0.717, 1.165) is 42.9 Å². The third kappa shape index (κ3) is 3.11. The van der Waals surface area contributed by atoms with Crippen LogP contribution in [0.4, 0.5) is 0 Å². The van der Waals surface area contributed by atoms with Crippen molar-refractivity contribution in [3.05, 3.63) is 53.6 Å². The molecule has 2 aliphatic rings. The summed E-state index contributed by atoms with van der Waals surface area (Å²) in [5.74, 6) is 1.52. The molecule has 1 fully saturated rings. The molecule has 3 heterocycles. The monoisotopic (exact) mass is 352 g/mol. The molecule has 26 heavy (non-hydrogen) atoms. The number of imidazole rings is 1. The third-order valence-corrected chi connectivity index (χ3v) is 5.49. The number of piperidine rings is 1. The molecule has 1 aromatic carbocycles. The Bertz CT molecular complexity index is 829. The highest BCUT2D eigenvalue weighted by Crippen LogP contribution is 2.26. The number of amides is 2. The number of hydrogen-bond acceptors (Lipinski definition) is 3. The van der Waals surface area contributed by atoms with Gasteiger partial charge in [-0.15, -0.1) is 0 Å². The smallest absolute Gasteiger partial charge is 0.254 e. The van der Waals surface area contributed by atoms with Crippen LogP contribution in [0.25, 0.3) is 0 Å². The van der Waals surface area contributed by atoms with Crippen molar-refractivity contribution in [2.75, 3.05) is 19.6 Å². The molecule has 136 valence electrons. The Kier molecular flexibility index (Phi) is 4.49. The van der Waals surface area contributed by atoms with Crippen molar-refractivity contribution < 1.29 is 9.59 Å². The maximum Gasteiger partial charge on any atom is 0.254 e. The summed E-state index contributed by atoms with van der Waals surface area (Å²) in [5.41, 5.74) is 1.82. The van der Waals surface area contributed by atoms with Gasteiger partial charge in [0, 0.05) is 63.5 Å². The van der Waals surface area contributed by atoms with Gasteiger partial charge in [-0.1, -0.05) is 18.2 Å². The average Bonchev–Trinajstić information content (AvgIpc) is 3.23. The van der Waals surface area contributed by atoms with Gasteiger partial charge in [0.25, 0.3) is 5.91 Å². The van der Waals surface area contributed by atoms with E-state index in [1.54, 1.807) is 4.90 Å². The molecule has 1 aromatic heterocycles. The molecule has 0 unspecified atom stereocenters. The van der Waals surface area contributed by atoms with Crippen LogP contribution in [0.2, 0.25) is 0 Å². The summed E-state index contributed by atoms with van der Waals surface area (Å²) >= 11 is 0. The standard InChI is InChI=1S/C20H24N4O2/c1-22-12-9-21-19(22)16-6-4-10-23(14-16)18(25)8-11-24-13-15-5-2-3-7-17(15)20(24)26/h2-3,5,7,9,12,16H,4,6,8,10-11,13-14H2,1H3/t16-/m0/s1. The predicted molar refractivity (Wildman–Crippen MR) is 97.6 cm³/mol. The van der Waals surface area contributed by atoms with Gasteiger partial charge in [-0.25, -0.2) is 4.98 Å². The zero-order valence-electron chi connectivity index (χ0n) is 15.1. The summed E-state index contributed by atoms with van der Waals surface area (Å²) in [6, 6.07) is 7.68. The zero-order chi connectivity index (χ0) is 18.1.